The van der Waals surface area contributed by atoms with Gasteiger partial charge in [0, 0.05) is 6.54 Å². The summed E-state index contributed by atoms with van der Waals surface area (Å²) in [7, 11) is 0. The Morgan fingerprint density at radius 1 is 1.25 bits per heavy atom. The lowest BCUT2D eigenvalue weighted by molar-refractivity contribution is -0.164. The van der Waals surface area contributed by atoms with Gasteiger partial charge in [0.1, 0.15) is 6.04 Å². The number of imide groups is 1. The standard InChI is InChI=1S/C17H24N2O5/c1-4-9-18-14(20)11(3)24-17(23)10(2)19-15(21)12-7-5-6-8-13(12)16(19)22/h4,10-13H,1,5-9H2,2-3H3,(H,18,20)/t10-,11?,12?,13?/m0/s1. The van der Waals surface area contributed by atoms with Crippen LogP contribution in [0.15, 0.2) is 12.7 Å². The van der Waals surface area contributed by atoms with Gasteiger partial charge in [0.15, 0.2) is 6.10 Å². The van der Waals surface area contributed by atoms with E-state index in [9.17, 15) is 19.2 Å². The van der Waals surface area contributed by atoms with Crippen LogP contribution in [-0.2, 0) is 23.9 Å². The van der Waals surface area contributed by atoms with E-state index in [4.69, 9.17) is 4.74 Å². The lowest BCUT2D eigenvalue weighted by Crippen LogP contribution is -2.46. The molecule has 0 aromatic rings. The average molecular weight is 336 g/mol. The van der Waals surface area contributed by atoms with Crippen LogP contribution in [0.1, 0.15) is 39.5 Å². The average Bonchev–Trinajstić information content (AvgIpc) is 2.83. The van der Waals surface area contributed by atoms with E-state index >= 15 is 0 Å². The summed E-state index contributed by atoms with van der Waals surface area (Å²) < 4.78 is 5.10. The number of ether oxygens (including phenoxy) is 1. The maximum Gasteiger partial charge on any atom is 0.329 e. The monoisotopic (exact) mass is 336 g/mol. The first-order valence-electron chi connectivity index (χ1n) is 8.34. The number of esters is 1. The molecule has 24 heavy (non-hydrogen) atoms. The smallest absolute Gasteiger partial charge is 0.329 e. The Labute approximate surface area is 141 Å². The fraction of sp³-hybridized carbons (Fsp3) is 0.647. The van der Waals surface area contributed by atoms with Crippen LogP contribution in [0.5, 0.6) is 0 Å². The minimum atomic E-state index is -1.02. The summed E-state index contributed by atoms with van der Waals surface area (Å²) in [6.07, 6.45) is 3.73. The van der Waals surface area contributed by atoms with E-state index in [1.165, 1.54) is 19.9 Å². The number of likely N-dealkylation sites (tertiary alicyclic amines) is 1. The van der Waals surface area contributed by atoms with Crippen molar-refractivity contribution in [2.45, 2.75) is 51.7 Å². The molecule has 2 fully saturated rings. The van der Waals surface area contributed by atoms with Gasteiger partial charge in [-0.15, -0.1) is 6.58 Å². The number of hydrogen-bond acceptors (Lipinski definition) is 5. The lowest BCUT2D eigenvalue weighted by Gasteiger charge is -2.23. The Kier molecular flexibility index (Phi) is 5.75. The molecule has 7 heteroatoms. The van der Waals surface area contributed by atoms with E-state index in [1.807, 2.05) is 0 Å². The Morgan fingerprint density at radius 2 is 1.79 bits per heavy atom. The molecule has 0 spiro atoms. The van der Waals surface area contributed by atoms with Gasteiger partial charge in [0.05, 0.1) is 11.8 Å². The maximum absolute atomic E-state index is 12.5. The van der Waals surface area contributed by atoms with Crippen molar-refractivity contribution in [3.8, 4) is 0 Å². The second-order valence-corrected chi connectivity index (χ2v) is 6.33. The Bertz CT molecular complexity index is 535. The molecule has 1 N–H and O–H groups in total. The number of nitrogens with one attached hydrogen (secondary N) is 1. The zero-order chi connectivity index (χ0) is 17.9. The molecule has 1 heterocycles. The molecule has 1 aliphatic heterocycles. The molecule has 0 bridgehead atoms. The van der Waals surface area contributed by atoms with Crippen molar-refractivity contribution in [3.63, 3.8) is 0 Å². The number of hydrogen-bond donors (Lipinski definition) is 1. The first kappa shape index (κ1) is 18.2. The molecule has 132 valence electrons. The van der Waals surface area contributed by atoms with E-state index in [-0.39, 0.29) is 30.2 Å². The molecule has 7 nitrogen and oxygen atoms in total. The second-order valence-electron chi connectivity index (χ2n) is 6.33. The van der Waals surface area contributed by atoms with Crippen molar-refractivity contribution in [1.82, 2.24) is 10.2 Å². The zero-order valence-corrected chi connectivity index (χ0v) is 14.1. The summed E-state index contributed by atoms with van der Waals surface area (Å²) in [5.41, 5.74) is 0. The van der Waals surface area contributed by atoms with Gasteiger partial charge >= 0.3 is 5.97 Å². The SMILES string of the molecule is C=CCNC(=O)C(C)OC(=O)[C@H](C)N1C(=O)C2CCCCC2C1=O. The highest BCUT2D eigenvalue weighted by Crippen LogP contribution is 2.38. The summed E-state index contributed by atoms with van der Waals surface area (Å²) in [5.74, 6) is -2.42. The van der Waals surface area contributed by atoms with Gasteiger partial charge in [0.2, 0.25) is 11.8 Å². The third-order valence-corrected chi connectivity index (χ3v) is 4.69. The van der Waals surface area contributed by atoms with Crippen LogP contribution in [-0.4, -0.2) is 47.3 Å². The molecule has 2 rings (SSSR count). The van der Waals surface area contributed by atoms with Gasteiger partial charge in [-0.1, -0.05) is 18.9 Å². The predicted molar refractivity (Wildman–Crippen MR) is 85.5 cm³/mol. The molecule has 1 saturated heterocycles. The summed E-state index contributed by atoms with van der Waals surface area (Å²) in [6, 6.07) is -1.02. The molecule has 3 amide bonds. The fourth-order valence-electron chi connectivity index (χ4n) is 3.32. The first-order valence-corrected chi connectivity index (χ1v) is 8.34. The van der Waals surface area contributed by atoms with Gasteiger partial charge < -0.3 is 10.1 Å². The van der Waals surface area contributed by atoms with Crippen LogP contribution >= 0.6 is 0 Å². The molecule has 3 unspecified atom stereocenters. The summed E-state index contributed by atoms with van der Waals surface area (Å²) >= 11 is 0. The molecule has 4 atom stereocenters. The molecule has 1 saturated carbocycles. The largest absolute Gasteiger partial charge is 0.451 e. The van der Waals surface area contributed by atoms with Crippen LogP contribution in [0, 0.1) is 11.8 Å². The quantitative estimate of drug-likeness (QED) is 0.440. The van der Waals surface area contributed by atoms with E-state index in [1.54, 1.807) is 0 Å². The lowest BCUT2D eigenvalue weighted by atomic mass is 9.81. The Balaban J connectivity index is 1.99. The van der Waals surface area contributed by atoms with Crippen molar-refractivity contribution in [3.05, 3.63) is 12.7 Å². The molecule has 0 aromatic heterocycles. The van der Waals surface area contributed by atoms with E-state index in [0.717, 1.165) is 17.7 Å². The minimum absolute atomic E-state index is 0.267. The van der Waals surface area contributed by atoms with Crippen molar-refractivity contribution in [2.24, 2.45) is 11.8 Å². The van der Waals surface area contributed by atoms with Crippen LogP contribution in [0.3, 0.4) is 0 Å². The predicted octanol–water partition coefficient (Wildman–Crippen LogP) is 0.784. The van der Waals surface area contributed by atoms with E-state index in [2.05, 4.69) is 11.9 Å². The Hall–Kier alpha value is -2.18. The van der Waals surface area contributed by atoms with Crippen LogP contribution in [0.2, 0.25) is 0 Å². The molecular weight excluding hydrogens is 312 g/mol. The van der Waals surface area contributed by atoms with E-state index in [0.29, 0.717) is 12.8 Å². The molecule has 0 radical (unpaired) electrons. The van der Waals surface area contributed by atoms with Crippen LogP contribution in [0.25, 0.3) is 0 Å². The number of carbonyl (C=O) groups is 4. The van der Waals surface area contributed by atoms with Crippen LogP contribution < -0.4 is 5.32 Å². The topological polar surface area (TPSA) is 92.8 Å². The Morgan fingerprint density at radius 3 is 2.29 bits per heavy atom. The normalized spacial score (nSPS) is 25.7. The summed E-state index contributed by atoms with van der Waals surface area (Å²) in [6.45, 7) is 6.65. The van der Waals surface area contributed by atoms with Crippen molar-refractivity contribution >= 4 is 23.7 Å². The van der Waals surface area contributed by atoms with Gasteiger partial charge in [-0.25, -0.2) is 4.79 Å². The highest BCUT2D eigenvalue weighted by molar-refractivity contribution is 6.07. The number of rotatable bonds is 6. The number of nitrogens with zero attached hydrogens (tertiary/aromatic N) is 1. The number of carbonyl (C=O) groups excluding carboxylic acids is 4. The second kappa shape index (κ2) is 7.59. The fourth-order valence-corrected chi connectivity index (χ4v) is 3.32. The third-order valence-electron chi connectivity index (χ3n) is 4.69. The highest BCUT2D eigenvalue weighted by atomic mass is 16.5. The molecule has 2 aliphatic rings. The van der Waals surface area contributed by atoms with Gasteiger partial charge in [-0.05, 0) is 26.7 Å². The van der Waals surface area contributed by atoms with Gasteiger partial charge in [-0.2, -0.15) is 0 Å². The summed E-state index contributed by atoms with van der Waals surface area (Å²) in [4.78, 5) is 49.9. The maximum atomic E-state index is 12.5. The third kappa shape index (κ3) is 3.49. The minimum Gasteiger partial charge on any atom is -0.451 e. The summed E-state index contributed by atoms with van der Waals surface area (Å²) in [5, 5.41) is 2.52. The molecule has 0 aromatic carbocycles. The van der Waals surface area contributed by atoms with Crippen molar-refractivity contribution in [1.29, 1.82) is 0 Å². The number of amides is 3. The van der Waals surface area contributed by atoms with Gasteiger partial charge in [-0.3, -0.25) is 19.3 Å². The zero-order valence-electron chi connectivity index (χ0n) is 14.1. The number of fused-ring (bicyclic) bond motifs is 1. The van der Waals surface area contributed by atoms with E-state index < -0.39 is 24.0 Å². The van der Waals surface area contributed by atoms with Gasteiger partial charge in [0.25, 0.3) is 5.91 Å². The van der Waals surface area contributed by atoms with Crippen LogP contribution in [0.4, 0.5) is 0 Å². The molecule has 1 aliphatic carbocycles. The highest BCUT2D eigenvalue weighted by Gasteiger charge is 2.51. The van der Waals surface area contributed by atoms with Crippen molar-refractivity contribution < 1.29 is 23.9 Å². The van der Waals surface area contributed by atoms with Crippen molar-refractivity contribution in [2.75, 3.05) is 6.54 Å². The molecular formula is C17H24N2O5. The first-order chi connectivity index (χ1) is 11.4.